The summed E-state index contributed by atoms with van der Waals surface area (Å²) < 4.78 is 43.8. The van der Waals surface area contributed by atoms with Crippen molar-refractivity contribution in [3.63, 3.8) is 0 Å². The molecule has 0 bridgehead atoms. The van der Waals surface area contributed by atoms with Gasteiger partial charge in [-0.05, 0) is 42.0 Å². The molecule has 9 nitrogen and oxygen atoms in total. The van der Waals surface area contributed by atoms with Crippen molar-refractivity contribution in [1.82, 2.24) is 14.9 Å². The van der Waals surface area contributed by atoms with Crippen molar-refractivity contribution in [2.75, 3.05) is 6.61 Å². The van der Waals surface area contributed by atoms with Gasteiger partial charge in [-0.25, -0.2) is 8.78 Å². The summed E-state index contributed by atoms with van der Waals surface area (Å²) in [6.07, 6.45) is -3.73. The van der Waals surface area contributed by atoms with Crippen molar-refractivity contribution in [2.45, 2.75) is 37.6 Å². The molecular weight excluding hydrogens is 572 g/mol. The molecule has 4 heterocycles. The topological polar surface area (TPSA) is 126 Å². The lowest BCUT2D eigenvalue weighted by atomic mass is 9.96. The normalized spacial score (nSPS) is 22.0. The summed E-state index contributed by atoms with van der Waals surface area (Å²) in [5.41, 5.74) is 2.69. The second kappa shape index (κ2) is 9.93. The minimum absolute atomic E-state index is 0.0360. The number of fused-ring (bicyclic) bond motifs is 10. The van der Waals surface area contributed by atoms with Crippen LogP contribution in [-0.4, -0.2) is 56.5 Å². The van der Waals surface area contributed by atoms with Gasteiger partial charge in [0.2, 0.25) is 0 Å². The van der Waals surface area contributed by atoms with Gasteiger partial charge in [-0.2, -0.15) is 0 Å². The number of aromatic amines is 1. The van der Waals surface area contributed by atoms with E-state index in [1.807, 2.05) is 30.3 Å². The monoisotopic (exact) mass is 597 g/mol. The van der Waals surface area contributed by atoms with Crippen LogP contribution in [0, 0.1) is 11.6 Å². The number of imide groups is 1. The van der Waals surface area contributed by atoms with Crippen LogP contribution in [0.3, 0.4) is 0 Å². The first-order valence-corrected chi connectivity index (χ1v) is 14.2. The number of carbonyl (C=O) groups is 2. The highest BCUT2D eigenvalue weighted by Crippen LogP contribution is 2.46. The average molecular weight is 598 g/mol. The zero-order valence-electron chi connectivity index (χ0n) is 23.0. The van der Waals surface area contributed by atoms with Gasteiger partial charge in [0, 0.05) is 33.5 Å². The number of aromatic nitrogens is 2. The van der Waals surface area contributed by atoms with E-state index in [4.69, 9.17) is 9.47 Å². The van der Waals surface area contributed by atoms with E-state index >= 15 is 0 Å². The van der Waals surface area contributed by atoms with E-state index in [1.54, 1.807) is 10.6 Å². The minimum Gasteiger partial charge on any atom is -0.394 e. The largest absolute Gasteiger partial charge is 0.394 e. The van der Waals surface area contributed by atoms with Crippen molar-refractivity contribution in [3.05, 3.63) is 95.1 Å². The van der Waals surface area contributed by atoms with Gasteiger partial charge in [-0.15, -0.1) is 0 Å². The Kier molecular flexibility index (Phi) is 6.07. The Morgan fingerprint density at radius 3 is 2.39 bits per heavy atom. The summed E-state index contributed by atoms with van der Waals surface area (Å²) in [6.45, 7) is -0.233. The van der Waals surface area contributed by atoms with Crippen LogP contribution in [0.15, 0.2) is 66.7 Å². The van der Waals surface area contributed by atoms with Crippen molar-refractivity contribution in [3.8, 4) is 0 Å². The summed E-state index contributed by atoms with van der Waals surface area (Å²) in [7, 11) is 0. The smallest absolute Gasteiger partial charge is 0.259 e. The number of halogens is 2. The Hall–Kier alpha value is -4.68. The molecule has 11 heteroatoms. The number of amides is 2. The Morgan fingerprint density at radius 1 is 0.932 bits per heavy atom. The molecule has 2 aromatic heterocycles. The van der Waals surface area contributed by atoms with Crippen LogP contribution < -0.4 is 5.32 Å². The Morgan fingerprint density at radius 2 is 1.64 bits per heavy atom. The number of nitrogens with zero attached hydrogens (tertiary/aromatic N) is 1. The predicted octanol–water partition coefficient (Wildman–Crippen LogP) is 4.82. The predicted molar refractivity (Wildman–Crippen MR) is 157 cm³/mol. The van der Waals surface area contributed by atoms with E-state index in [0.717, 1.165) is 5.56 Å². The van der Waals surface area contributed by atoms with E-state index in [9.17, 15) is 28.6 Å². The average Bonchev–Trinajstić information content (AvgIpc) is 3.64. The first kappa shape index (κ1) is 26.9. The highest BCUT2D eigenvalue weighted by molar-refractivity contribution is 6.39. The van der Waals surface area contributed by atoms with Crippen LogP contribution in [0.4, 0.5) is 8.78 Å². The van der Waals surface area contributed by atoms with Crippen molar-refractivity contribution in [2.24, 2.45) is 0 Å². The maximum atomic E-state index is 14.9. The van der Waals surface area contributed by atoms with Gasteiger partial charge in [-0.1, -0.05) is 30.3 Å². The van der Waals surface area contributed by atoms with Gasteiger partial charge < -0.3 is 29.2 Å². The number of H-pyrrole nitrogens is 1. The fraction of sp³-hybridized carbons (Fsp3) is 0.212. The summed E-state index contributed by atoms with van der Waals surface area (Å²) in [6, 6.07) is 17.6. The molecule has 2 aliphatic heterocycles. The molecule has 1 fully saturated rings. The molecule has 2 amide bonds. The third kappa shape index (κ3) is 3.90. The number of carbonyl (C=O) groups excluding carboxylic acids is 2. The van der Waals surface area contributed by atoms with E-state index in [2.05, 4.69) is 10.3 Å². The van der Waals surface area contributed by atoms with Crippen LogP contribution in [0.1, 0.15) is 38.9 Å². The van der Waals surface area contributed by atoms with Gasteiger partial charge in [0.15, 0.2) is 6.23 Å². The summed E-state index contributed by atoms with van der Waals surface area (Å²) in [5.74, 6) is -2.41. The lowest BCUT2D eigenvalue weighted by Gasteiger charge is -2.40. The summed E-state index contributed by atoms with van der Waals surface area (Å²) in [4.78, 5) is 29.9. The number of ether oxygens (including phenoxy) is 2. The second-order valence-electron chi connectivity index (χ2n) is 11.2. The zero-order valence-corrected chi connectivity index (χ0v) is 23.0. The molecule has 0 saturated carbocycles. The number of aliphatic hydroxyl groups excluding tert-OH is 2. The van der Waals surface area contributed by atoms with Gasteiger partial charge in [-0.3, -0.25) is 14.9 Å². The molecule has 4 atom stereocenters. The fourth-order valence-electron chi connectivity index (χ4n) is 6.79. The standard InChI is InChI=1S/C33H25F2N3O6/c34-16-6-8-21-19(10-16)24-26-27(32(42)37-31(26)41)25-20-11-17(35)7-9-22(20)38(29(25)28(24)36-21)33-30(23(40)12-18(13-39)44-33)43-14-15-4-2-1-3-5-15/h1-11,18,23,30,33,36,39-40H,12-14H2,(H,37,41,42)/t18-,23-,30?,33+/m0/s1. The molecule has 6 aromatic rings. The van der Waals surface area contributed by atoms with Gasteiger partial charge in [0.25, 0.3) is 11.8 Å². The Balaban J connectivity index is 1.48. The zero-order chi connectivity index (χ0) is 30.3. The molecule has 1 saturated heterocycles. The maximum Gasteiger partial charge on any atom is 0.259 e. The summed E-state index contributed by atoms with van der Waals surface area (Å²) >= 11 is 0. The van der Waals surface area contributed by atoms with Crippen LogP contribution in [0.25, 0.3) is 43.6 Å². The summed E-state index contributed by atoms with van der Waals surface area (Å²) in [5, 5.41) is 25.1. The van der Waals surface area contributed by atoms with Crippen LogP contribution >= 0.6 is 0 Å². The van der Waals surface area contributed by atoms with Crippen LogP contribution in [-0.2, 0) is 16.1 Å². The molecule has 0 radical (unpaired) electrons. The highest BCUT2D eigenvalue weighted by Gasteiger charge is 2.43. The van der Waals surface area contributed by atoms with Crippen LogP contribution in [0.2, 0.25) is 0 Å². The molecule has 0 aliphatic carbocycles. The first-order chi connectivity index (χ1) is 21.3. The van der Waals surface area contributed by atoms with E-state index in [1.165, 1.54) is 30.3 Å². The maximum absolute atomic E-state index is 14.9. The molecule has 2 aliphatic rings. The molecule has 222 valence electrons. The van der Waals surface area contributed by atoms with Gasteiger partial charge in [0.05, 0.1) is 53.1 Å². The molecular formula is C33H25F2N3O6. The number of rotatable bonds is 5. The Labute approximate surface area is 247 Å². The molecule has 0 spiro atoms. The van der Waals surface area contributed by atoms with Crippen molar-refractivity contribution in [1.29, 1.82) is 0 Å². The molecule has 1 unspecified atom stereocenters. The van der Waals surface area contributed by atoms with Gasteiger partial charge in [0.1, 0.15) is 17.7 Å². The third-order valence-corrected chi connectivity index (χ3v) is 8.63. The number of nitrogens with one attached hydrogen (secondary N) is 2. The highest BCUT2D eigenvalue weighted by atomic mass is 19.1. The lowest BCUT2D eigenvalue weighted by Crippen LogP contribution is -2.48. The number of hydrogen-bond acceptors (Lipinski definition) is 6. The third-order valence-electron chi connectivity index (χ3n) is 8.63. The minimum atomic E-state index is -1.06. The number of benzene rings is 4. The van der Waals surface area contributed by atoms with Crippen molar-refractivity contribution >= 4 is 55.4 Å². The number of hydrogen-bond donors (Lipinski definition) is 4. The first-order valence-electron chi connectivity index (χ1n) is 14.2. The van der Waals surface area contributed by atoms with E-state index in [0.29, 0.717) is 43.6 Å². The second-order valence-corrected chi connectivity index (χ2v) is 11.2. The molecule has 8 rings (SSSR count). The quantitative estimate of drug-likeness (QED) is 0.211. The Bertz CT molecular complexity index is 2160. The van der Waals surface area contributed by atoms with Gasteiger partial charge >= 0.3 is 0 Å². The molecule has 4 N–H and O–H groups in total. The SMILES string of the molecule is O=C1NC(=O)c2c1c1c3cc(F)ccc3[nH]c1c1c2c2cc(F)ccc2n1[C@@H]1O[C@H](CO)C[C@H](O)C1OCc1ccccc1. The number of aliphatic hydroxyl groups is 2. The molecule has 4 aromatic carbocycles. The van der Waals surface area contributed by atoms with Crippen LogP contribution in [0.5, 0.6) is 0 Å². The van der Waals surface area contributed by atoms with E-state index in [-0.39, 0.29) is 30.8 Å². The lowest BCUT2D eigenvalue weighted by molar-refractivity contribution is -0.222. The fourth-order valence-corrected chi connectivity index (χ4v) is 6.79. The molecule has 44 heavy (non-hydrogen) atoms. The van der Waals surface area contributed by atoms with Crippen molar-refractivity contribution < 1.29 is 38.1 Å². The van der Waals surface area contributed by atoms with E-state index < -0.39 is 48.0 Å².